The van der Waals surface area contributed by atoms with Crippen LogP contribution in [0.2, 0.25) is 0 Å². The lowest BCUT2D eigenvalue weighted by molar-refractivity contribution is -0.136. The monoisotopic (exact) mass is 397 g/mol. The van der Waals surface area contributed by atoms with Crippen molar-refractivity contribution in [3.8, 4) is 23.0 Å². The second-order valence-electron chi connectivity index (χ2n) is 7.46. The molecule has 1 aliphatic heterocycles. The molecule has 2 aliphatic rings. The highest BCUT2D eigenvalue weighted by Gasteiger charge is 2.39. The van der Waals surface area contributed by atoms with Crippen LogP contribution in [0.4, 0.5) is 0 Å². The molecule has 1 fully saturated rings. The zero-order valence-corrected chi connectivity index (χ0v) is 17.1. The fraction of sp³-hybridized carbons (Fsp3) is 0.435. The van der Waals surface area contributed by atoms with Crippen molar-refractivity contribution in [2.45, 2.75) is 25.3 Å². The molecule has 6 nitrogen and oxygen atoms in total. The van der Waals surface area contributed by atoms with Crippen molar-refractivity contribution in [3.63, 3.8) is 0 Å². The summed E-state index contributed by atoms with van der Waals surface area (Å²) in [4.78, 5) is 14.9. The predicted octanol–water partition coefficient (Wildman–Crippen LogP) is 3.63. The number of benzene rings is 2. The summed E-state index contributed by atoms with van der Waals surface area (Å²) in [7, 11) is 4.90. The van der Waals surface area contributed by atoms with Crippen molar-refractivity contribution in [2.75, 3.05) is 34.5 Å². The molecular formula is C23H27NO5. The third kappa shape index (κ3) is 3.97. The molecule has 2 aromatic carbocycles. The van der Waals surface area contributed by atoms with Crippen LogP contribution in [0.5, 0.6) is 23.0 Å². The molecule has 1 amide bonds. The van der Waals surface area contributed by atoms with Crippen LogP contribution in [0.25, 0.3) is 0 Å². The summed E-state index contributed by atoms with van der Waals surface area (Å²) in [5.74, 6) is 3.30. The zero-order chi connectivity index (χ0) is 20.4. The largest absolute Gasteiger partial charge is 0.497 e. The average molecular weight is 397 g/mol. The Hall–Kier alpha value is -2.89. The van der Waals surface area contributed by atoms with Gasteiger partial charge in [0.25, 0.3) is 0 Å². The molecule has 1 saturated carbocycles. The third-order valence-corrected chi connectivity index (χ3v) is 5.68. The Balaban J connectivity index is 1.63. The number of nitrogens with zero attached hydrogens (tertiary/aromatic N) is 1. The van der Waals surface area contributed by atoms with Crippen LogP contribution in [0, 0.1) is 5.92 Å². The maximum absolute atomic E-state index is 13.0. The minimum atomic E-state index is -0.159. The van der Waals surface area contributed by atoms with Gasteiger partial charge in [0, 0.05) is 12.5 Å². The Bertz CT molecular complexity index is 876. The normalized spacial score (nSPS) is 18.0. The Kier molecular flexibility index (Phi) is 5.51. The lowest BCUT2D eigenvalue weighted by Gasteiger charge is -2.37. The standard InChI is InChI=1S/C23H27NO5/c1-26-17-6-8-18(9-7-17)29-14-20-19-13-22(28-3)21(27-2)12-16(19)10-11-24(20)23(25)15-4-5-15/h6-9,12-13,15,20H,4-5,10-11,14H2,1-3H3/t20-/m1/s1. The van der Waals surface area contributed by atoms with E-state index in [-0.39, 0.29) is 17.9 Å². The molecule has 0 saturated heterocycles. The van der Waals surface area contributed by atoms with Crippen molar-refractivity contribution in [3.05, 3.63) is 47.5 Å². The minimum absolute atomic E-state index is 0.159. The number of methoxy groups -OCH3 is 3. The smallest absolute Gasteiger partial charge is 0.226 e. The van der Waals surface area contributed by atoms with Gasteiger partial charge in [-0.1, -0.05) is 0 Å². The summed E-state index contributed by atoms with van der Waals surface area (Å²) < 4.78 is 22.3. The Labute approximate surface area is 171 Å². The van der Waals surface area contributed by atoms with Gasteiger partial charge >= 0.3 is 0 Å². The predicted molar refractivity (Wildman–Crippen MR) is 109 cm³/mol. The molecule has 2 aromatic rings. The van der Waals surface area contributed by atoms with Crippen molar-refractivity contribution in [1.82, 2.24) is 4.90 Å². The van der Waals surface area contributed by atoms with E-state index >= 15 is 0 Å². The SMILES string of the molecule is COc1ccc(OC[C@@H]2c3cc(OC)c(OC)cc3CCN2C(=O)C2CC2)cc1. The molecule has 6 heteroatoms. The van der Waals surface area contributed by atoms with Crippen molar-refractivity contribution < 1.29 is 23.7 Å². The first-order chi connectivity index (χ1) is 14.1. The van der Waals surface area contributed by atoms with Crippen LogP contribution >= 0.6 is 0 Å². The topological polar surface area (TPSA) is 57.2 Å². The van der Waals surface area contributed by atoms with Gasteiger partial charge in [0.15, 0.2) is 11.5 Å². The lowest BCUT2D eigenvalue weighted by atomic mass is 9.91. The van der Waals surface area contributed by atoms with E-state index < -0.39 is 0 Å². The Morgan fingerprint density at radius 1 is 0.966 bits per heavy atom. The summed E-state index contributed by atoms with van der Waals surface area (Å²) in [5.41, 5.74) is 2.24. The van der Waals surface area contributed by atoms with Gasteiger partial charge in [0.05, 0.1) is 27.4 Å². The van der Waals surface area contributed by atoms with Crippen LogP contribution in [-0.4, -0.2) is 45.3 Å². The van der Waals surface area contributed by atoms with Crippen LogP contribution in [0.1, 0.15) is 30.0 Å². The highest BCUT2D eigenvalue weighted by Crippen LogP contribution is 2.41. The van der Waals surface area contributed by atoms with Crippen molar-refractivity contribution in [2.24, 2.45) is 5.92 Å². The van der Waals surface area contributed by atoms with Crippen LogP contribution in [0.15, 0.2) is 36.4 Å². The van der Waals surface area contributed by atoms with Gasteiger partial charge in [0.1, 0.15) is 18.1 Å². The van der Waals surface area contributed by atoms with Crippen LogP contribution in [-0.2, 0) is 11.2 Å². The lowest BCUT2D eigenvalue weighted by Crippen LogP contribution is -2.43. The van der Waals surface area contributed by atoms with Crippen molar-refractivity contribution in [1.29, 1.82) is 0 Å². The maximum Gasteiger partial charge on any atom is 0.226 e. The van der Waals surface area contributed by atoms with Crippen LogP contribution in [0.3, 0.4) is 0 Å². The van der Waals surface area contributed by atoms with Gasteiger partial charge in [-0.05, 0) is 66.8 Å². The molecule has 1 heterocycles. The van der Waals surface area contributed by atoms with Gasteiger partial charge < -0.3 is 23.8 Å². The number of hydrogen-bond donors (Lipinski definition) is 0. The highest BCUT2D eigenvalue weighted by atomic mass is 16.5. The first-order valence-corrected chi connectivity index (χ1v) is 9.96. The van der Waals surface area contributed by atoms with Gasteiger partial charge in [-0.15, -0.1) is 0 Å². The molecule has 1 atom stereocenters. The van der Waals surface area contributed by atoms with E-state index in [0.717, 1.165) is 36.3 Å². The molecule has 0 radical (unpaired) electrons. The summed E-state index contributed by atoms with van der Waals surface area (Å²) in [6.07, 6.45) is 2.77. The van der Waals surface area contributed by atoms with E-state index in [0.29, 0.717) is 24.7 Å². The molecule has 154 valence electrons. The third-order valence-electron chi connectivity index (χ3n) is 5.68. The van der Waals surface area contributed by atoms with Gasteiger partial charge in [0.2, 0.25) is 5.91 Å². The molecule has 0 spiro atoms. The molecule has 1 aliphatic carbocycles. The van der Waals surface area contributed by atoms with E-state index in [9.17, 15) is 4.79 Å². The minimum Gasteiger partial charge on any atom is -0.497 e. The molecule has 0 bridgehead atoms. The summed E-state index contributed by atoms with van der Waals surface area (Å²) >= 11 is 0. The molecule has 29 heavy (non-hydrogen) atoms. The fourth-order valence-electron chi connectivity index (χ4n) is 3.88. The Morgan fingerprint density at radius 3 is 2.24 bits per heavy atom. The molecule has 0 aromatic heterocycles. The van der Waals surface area contributed by atoms with E-state index in [1.807, 2.05) is 41.3 Å². The molecule has 0 unspecified atom stereocenters. The van der Waals surface area contributed by atoms with E-state index in [1.165, 1.54) is 5.56 Å². The first kappa shape index (κ1) is 19.4. The number of fused-ring (bicyclic) bond motifs is 1. The second kappa shape index (κ2) is 8.23. The fourth-order valence-corrected chi connectivity index (χ4v) is 3.88. The number of rotatable bonds is 7. The first-order valence-electron chi connectivity index (χ1n) is 9.96. The summed E-state index contributed by atoms with van der Waals surface area (Å²) in [6, 6.07) is 11.3. The van der Waals surface area contributed by atoms with Crippen molar-refractivity contribution >= 4 is 5.91 Å². The quantitative estimate of drug-likeness (QED) is 0.714. The Morgan fingerprint density at radius 2 is 1.62 bits per heavy atom. The van der Waals surface area contributed by atoms with Gasteiger partial charge in [-0.3, -0.25) is 4.79 Å². The number of ether oxygens (including phenoxy) is 4. The van der Waals surface area contributed by atoms with Gasteiger partial charge in [-0.2, -0.15) is 0 Å². The van der Waals surface area contributed by atoms with Gasteiger partial charge in [-0.25, -0.2) is 0 Å². The number of amides is 1. The van der Waals surface area contributed by atoms with E-state index in [2.05, 4.69) is 0 Å². The molecule has 0 N–H and O–H groups in total. The second-order valence-corrected chi connectivity index (χ2v) is 7.46. The molecular weight excluding hydrogens is 370 g/mol. The summed E-state index contributed by atoms with van der Waals surface area (Å²) in [6.45, 7) is 1.07. The maximum atomic E-state index is 13.0. The number of hydrogen-bond acceptors (Lipinski definition) is 5. The van der Waals surface area contributed by atoms with E-state index in [4.69, 9.17) is 18.9 Å². The number of carbonyl (C=O) groups excluding carboxylic acids is 1. The summed E-state index contributed by atoms with van der Waals surface area (Å²) in [5, 5.41) is 0. The van der Waals surface area contributed by atoms with Crippen LogP contribution < -0.4 is 18.9 Å². The highest BCUT2D eigenvalue weighted by molar-refractivity contribution is 5.82. The number of carbonyl (C=O) groups is 1. The zero-order valence-electron chi connectivity index (χ0n) is 17.1. The molecule has 4 rings (SSSR count). The average Bonchev–Trinajstić information content (AvgIpc) is 3.61. The van der Waals surface area contributed by atoms with E-state index in [1.54, 1.807) is 21.3 Å².